The van der Waals surface area contributed by atoms with Gasteiger partial charge >= 0.3 is 0 Å². The maximum absolute atomic E-state index is 13.6. The third kappa shape index (κ3) is 9.09. The number of carbonyl (C=O) groups is 2. The van der Waals surface area contributed by atoms with Crippen molar-refractivity contribution in [2.75, 3.05) is 24.6 Å². The van der Waals surface area contributed by atoms with E-state index in [1.165, 1.54) is 0 Å². The Morgan fingerprint density at radius 3 is 1.30 bits per heavy atom. The molecule has 2 fully saturated rings. The average molecular weight is 807 g/mol. The van der Waals surface area contributed by atoms with Crippen LogP contribution in [0.25, 0.3) is 33.6 Å². The molecule has 0 aliphatic carbocycles. The van der Waals surface area contributed by atoms with E-state index in [0.29, 0.717) is 24.7 Å². The summed E-state index contributed by atoms with van der Waals surface area (Å²) in [5.41, 5.74) is 5.61. The highest BCUT2D eigenvalue weighted by Crippen LogP contribution is 2.35. The molecule has 2 aliphatic heterocycles. The van der Waals surface area contributed by atoms with E-state index < -0.39 is 32.1 Å². The quantitative estimate of drug-likeness (QED) is 0.123. The highest BCUT2D eigenvalue weighted by atomic mass is 32.2. The molecule has 302 valence electrons. The van der Waals surface area contributed by atoms with Gasteiger partial charge in [-0.1, -0.05) is 76.2 Å². The van der Waals surface area contributed by atoms with E-state index in [4.69, 9.17) is 0 Å². The van der Waals surface area contributed by atoms with Gasteiger partial charge in [0.15, 0.2) is 0 Å². The fourth-order valence-electron chi connectivity index (χ4n) is 7.47. The Morgan fingerprint density at radius 2 is 0.982 bits per heavy atom. The van der Waals surface area contributed by atoms with E-state index in [0.717, 1.165) is 59.3 Å². The molecule has 2 saturated heterocycles. The number of H-pyrrole nitrogens is 2. The maximum Gasteiger partial charge on any atom is 0.241 e. The molecule has 14 nitrogen and oxygen atoms in total. The summed E-state index contributed by atoms with van der Waals surface area (Å²) in [6.07, 6.45) is 6.63. The second-order valence-corrected chi connectivity index (χ2v) is 19.5. The summed E-state index contributed by atoms with van der Waals surface area (Å²) >= 11 is 0. The number of rotatable bonds is 15. The van der Waals surface area contributed by atoms with Crippen molar-refractivity contribution in [3.63, 3.8) is 0 Å². The number of carbonyl (C=O) groups excluding carboxylic acids is 2. The molecule has 4 atom stereocenters. The molecule has 4 N–H and O–H groups in total. The number of hydrogen-bond acceptors (Lipinski definition) is 8. The van der Waals surface area contributed by atoms with Crippen molar-refractivity contribution in [1.29, 1.82) is 0 Å². The van der Waals surface area contributed by atoms with Crippen LogP contribution in [-0.4, -0.2) is 95.1 Å². The van der Waals surface area contributed by atoms with Gasteiger partial charge in [0.1, 0.15) is 23.7 Å². The molecule has 4 aromatic rings. The summed E-state index contributed by atoms with van der Waals surface area (Å²) in [4.78, 5) is 46.9. The van der Waals surface area contributed by atoms with Crippen LogP contribution in [0, 0.1) is 11.8 Å². The van der Waals surface area contributed by atoms with Crippen molar-refractivity contribution in [1.82, 2.24) is 39.2 Å². The lowest BCUT2D eigenvalue weighted by atomic mass is 10.0. The second kappa shape index (κ2) is 17.0. The minimum atomic E-state index is -3.56. The number of aromatic amines is 2. The Hall–Kier alpha value is -4.38. The third-order valence-corrected chi connectivity index (χ3v) is 13.6. The van der Waals surface area contributed by atoms with Crippen LogP contribution in [0.15, 0.2) is 60.9 Å². The van der Waals surface area contributed by atoms with E-state index in [9.17, 15) is 26.4 Å². The predicted octanol–water partition coefficient (Wildman–Crippen LogP) is 5.39. The molecular formula is C40H54N8O6S2. The van der Waals surface area contributed by atoms with Gasteiger partial charge in [0.25, 0.3) is 0 Å². The lowest BCUT2D eigenvalue weighted by molar-refractivity contribution is -0.135. The first-order valence-corrected chi connectivity index (χ1v) is 22.8. The predicted molar refractivity (Wildman–Crippen MR) is 217 cm³/mol. The number of likely N-dealkylation sites (tertiary alicyclic amines) is 2. The first-order chi connectivity index (χ1) is 26.6. The molecule has 0 saturated carbocycles. The smallest absolute Gasteiger partial charge is 0.241 e. The van der Waals surface area contributed by atoms with Crippen LogP contribution in [0.2, 0.25) is 0 Å². The zero-order valence-electron chi connectivity index (χ0n) is 32.9. The topological polar surface area (TPSA) is 190 Å². The van der Waals surface area contributed by atoms with Gasteiger partial charge in [0, 0.05) is 13.1 Å². The van der Waals surface area contributed by atoms with Crippen molar-refractivity contribution in [2.24, 2.45) is 11.8 Å². The van der Waals surface area contributed by atoms with E-state index in [1.807, 2.05) is 76.2 Å². The average Bonchev–Trinajstić information content (AvgIpc) is 4.02. The van der Waals surface area contributed by atoms with Gasteiger partial charge in [0.2, 0.25) is 31.9 Å². The van der Waals surface area contributed by atoms with E-state index in [-0.39, 0.29) is 47.2 Å². The molecule has 2 aliphatic rings. The fourth-order valence-corrected chi connectivity index (χ4v) is 9.33. The number of amides is 2. The summed E-state index contributed by atoms with van der Waals surface area (Å²) in [5, 5.41) is 0. The number of nitrogens with one attached hydrogen (secondary N) is 4. The highest BCUT2D eigenvalue weighted by Gasteiger charge is 2.39. The van der Waals surface area contributed by atoms with Gasteiger partial charge in [0.05, 0.1) is 47.4 Å². The molecule has 4 heterocycles. The van der Waals surface area contributed by atoms with Crippen LogP contribution in [0.5, 0.6) is 0 Å². The Labute approximate surface area is 330 Å². The SMILES string of the molecule is CCS(=O)(=O)N[C@@H](C(=O)N1CCCC1c1ncc(-c2ccc(-c3ccc(-c4cnc(C5CCCN5C(=O)[C@H](NS(=O)(=O)CC)C(C)C)[nH]4)cc3)cc2)[nH]1)C(C)C. The van der Waals surface area contributed by atoms with Crippen LogP contribution in [0.4, 0.5) is 0 Å². The molecule has 2 amide bonds. The lowest BCUT2D eigenvalue weighted by Gasteiger charge is -2.30. The van der Waals surface area contributed by atoms with Gasteiger partial charge in [-0.2, -0.15) is 0 Å². The Balaban J connectivity index is 1.11. The Kier molecular flexibility index (Phi) is 12.5. The van der Waals surface area contributed by atoms with Gasteiger partial charge in [-0.15, -0.1) is 0 Å². The van der Waals surface area contributed by atoms with Crippen LogP contribution < -0.4 is 9.44 Å². The molecular weight excluding hydrogens is 753 g/mol. The maximum atomic E-state index is 13.6. The molecule has 0 bridgehead atoms. The summed E-state index contributed by atoms with van der Waals surface area (Å²) in [5.74, 6) is 0.299. The van der Waals surface area contributed by atoms with Gasteiger partial charge in [-0.25, -0.2) is 36.2 Å². The minimum Gasteiger partial charge on any atom is -0.340 e. The molecule has 56 heavy (non-hydrogen) atoms. The molecule has 6 rings (SSSR count). The largest absolute Gasteiger partial charge is 0.340 e. The number of sulfonamides is 2. The monoisotopic (exact) mass is 806 g/mol. The highest BCUT2D eigenvalue weighted by molar-refractivity contribution is 7.89. The van der Waals surface area contributed by atoms with Crippen molar-refractivity contribution in [2.45, 2.75) is 91.4 Å². The molecule has 2 aromatic carbocycles. The van der Waals surface area contributed by atoms with Crippen LogP contribution >= 0.6 is 0 Å². The molecule has 2 unspecified atom stereocenters. The number of aromatic nitrogens is 4. The van der Waals surface area contributed by atoms with Gasteiger partial charge in [-0.05, 0) is 73.6 Å². The summed E-state index contributed by atoms with van der Waals surface area (Å²) in [6.45, 7) is 11.6. The molecule has 0 spiro atoms. The fraction of sp³-hybridized carbons (Fsp3) is 0.500. The van der Waals surface area contributed by atoms with Crippen molar-refractivity contribution in [3.8, 4) is 33.6 Å². The molecule has 2 aromatic heterocycles. The normalized spacial score (nSPS) is 18.9. The zero-order chi connectivity index (χ0) is 40.4. The number of benzene rings is 2. The molecule has 0 radical (unpaired) electrons. The minimum absolute atomic E-state index is 0.0908. The first kappa shape index (κ1) is 41.3. The summed E-state index contributed by atoms with van der Waals surface area (Å²) < 4.78 is 54.6. The lowest BCUT2D eigenvalue weighted by Crippen LogP contribution is -2.51. The van der Waals surface area contributed by atoms with Crippen molar-refractivity contribution >= 4 is 31.9 Å². The summed E-state index contributed by atoms with van der Waals surface area (Å²) in [7, 11) is -7.11. The summed E-state index contributed by atoms with van der Waals surface area (Å²) in [6, 6.07) is 14.1. The Bertz CT molecular complexity index is 2060. The standard InChI is InChI=1S/C40H54N8O6S2/c1-7-55(51,52)45-35(25(3)4)39(49)47-21-9-11-33(47)37-41-23-31(43-37)29-17-13-27(14-18-29)28-15-19-30(20-16-28)32-24-42-38(44-32)34-12-10-22-48(34)40(50)36(26(5)6)46-56(53,54)8-2/h13-20,23-26,33-36,45-46H,7-12,21-22H2,1-6H3,(H,41,43)(H,42,44)/t33?,34?,35-,36-/m1/s1. The molecule has 16 heteroatoms. The number of nitrogens with zero attached hydrogens (tertiary/aromatic N) is 4. The van der Waals surface area contributed by atoms with E-state index >= 15 is 0 Å². The van der Waals surface area contributed by atoms with Crippen molar-refractivity contribution < 1.29 is 26.4 Å². The van der Waals surface area contributed by atoms with Crippen LogP contribution in [0.1, 0.15) is 91.0 Å². The van der Waals surface area contributed by atoms with E-state index in [1.54, 1.807) is 36.0 Å². The zero-order valence-corrected chi connectivity index (χ0v) is 34.6. The third-order valence-electron chi connectivity index (χ3n) is 10.9. The van der Waals surface area contributed by atoms with Gasteiger partial charge in [-0.3, -0.25) is 9.59 Å². The number of imidazole rings is 2. The van der Waals surface area contributed by atoms with Crippen molar-refractivity contribution in [3.05, 3.63) is 72.6 Å². The van der Waals surface area contributed by atoms with Crippen LogP contribution in [-0.2, 0) is 29.6 Å². The Morgan fingerprint density at radius 1 is 0.643 bits per heavy atom. The second-order valence-electron chi connectivity index (χ2n) is 15.4. The first-order valence-electron chi connectivity index (χ1n) is 19.5. The van der Waals surface area contributed by atoms with Gasteiger partial charge < -0.3 is 19.8 Å². The van der Waals surface area contributed by atoms with E-state index in [2.05, 4.69) is 29.4 Å². The van der Waals surface area contributed by atoms with Crippen LogP contribution in [0.3, 0.4) is 0 Å². The number of hydrogen-bond donors (Lipinski definition) is 4.